The van der Waals surface area contributed by atoms with Crippen LogP contribution < -0.4 is 4.90 Å². The van der Waals surface area contributed by atoms with Gasteiger partial charge >= 0.3 is 0 Å². The molecule has 3 heteroatoms. The van der Waals surface area contributed by atoms with Crippen molar-refractivity contribution in [2.24, 2.45) is 0 Å². The zero-order chi connectivity index (χ0) is 13.5. The van der Waals surface area contributed by atoms with Gasteiger partial charge in [0, 0.05) is 23.8 Å². The Kier molecular flexibility index (Phi) is 3.11. The maximum absolute atomic E-state index is 5.82. The number of hydrogen-bond acceptors (Lipinski definition) is 3. The van der Waals surface area contributed by atoms with Gasteiger partial charge in [0.2, 0.25) is 0 Å². The Balaban J connectivity index is 1.91. The summed E-state index contributed by atoms with van der Waals surface area (Å²) in [5, 5.41) is 0. The van der Waals surface area contributed by atoms with Crippen LogP contribution in [0.4, 0.5) is 5.69 Å². The van der Waals surface area contributed by atoms with Crippen LogP contribution in [0.3, 0.4) is 0 Å². The second kappa shape index (κ2) is 4.66. The van der Waals surface area contributed by atoms with Crippen LogP contribution in [0.15, 0.2) is 36.5 Å². The topological polar surface area (TPSA) is 21.7 Å². The largest absolute Gasteiger partial charge is 0.376 e. The summed E-state index contributed by atoms with van der Waals surface area (Å²) < 4.78 is 11.3. The fraction of sp³-hybridized carbons (Fsp3) is 0.500. The van der Waals surface area contributed by atoms with Crippen LogP contribution in [0.5, 0.6) is 0 Å². The Morgan fingerprint density at radius 2 is 2.16 bits per heavy atom. The highest BCUT2D eigenvalue weighted by Crippen LogP contribution is 2.49. The molecule has 0 aromatic heterocycles. The molecule has 0 N–H and O–H groups in total. The van der Waals surface area contributed by atoms with Gasteiger partial charge in [-0.25, -0.2) is 0 Å². The number of rotatable bonds is 2. The van der Waals surface area contributed by atoms with Crippen LogP contribution in [-0.2, 0) is 14.9 Å². The minimum Gasteiger partial charge on any atom is -0.376 e. The summed E-state index contributed by atoms with van der Waals surface area (Å²) >= 11 is 0. The molecule has 0 saturated carbocycles. The quantitative estimate of drug-likeness (QED) is 0.815. The lowest BCUT2D eigenvalue weighted by atomic mass is 9.77. The Labute approximate surface area is 114 Å². The molecule has 2 aliphatic heterocycles. The second-order valence-electron chi connectivity index (χ2n) is 5.63. The first kappa shape index (κ1) is 12.7. The zero-order valence-corrected chi connectivity index (χ0v) is 11.7. The van der Waals surface area contributed by atoms with Crippen molar-refractivity contribution < 1.29 is 9.47 Å². The fourth-order valence-corrected chi connectivity index (χ4v) is 3.24. The van der Waals surface area contributed by atoms with Crippen molar-refractivity contribution in [3.8, 4) is 0 Å². The third-order valence-corrected chi connectivity index (χ3v) is 4.42. The molecule has 0 bridgehead atoms. The lowest BCUT2D eigenvalue weighted by Crippen LogP contribution is -2.36. The van der Waals surface area contributed by atoms with Crippen LogP contribution in [-0.4, -0.2) is 33.0 Å². The number of nitrogens with zero attached hydrogens (tertiary/aromatic N) is 1. The van der Waals surface area contributed by atoms with E-state index in [9.17, 15) is 0 Å². The molecular weight excluding hydrogens is 238 g/mol. The number of ether oxygens (including phenoxy) is 2. The minimum absolute atomic E-state index is 0.0588. The first-order valence-electron chi connectivity index (χ1n) is 6.85. The Hall–Kier alpha value is -1.32. The Bertz CT molecular complexity index is 493. The lowest BCUT2D eigenvalue weighted by Gasteiger charge is -2.33. The molecule has 3 nitrogen and oxygen atoms in total. The molecule has 2 heterocycles. The van der Waals surface area contributed by atoms with Crippen molar-refractivity contribution in [1.29, 1.82) is 0 Å². The molecular formula is C16H21NO2. The van der Waals surface area contributed by atoms with Crippen LogP contribution in [0.25, 0.3) is 0 Å². The summed E-state index contributed by atoms with van der Waals surface area (Å²) in [6.07, 6.45) is 1.09. The van der Waals surface area contributed by atoms with Gasteiger partial charge in [-0.1, -0.05) is 24.8 Å². The normalized spacial score (nSPS) is 30.5. The monoisotopic (exact) mass is 259 g/mol. The molecule has 1 aromatic rings. The van der Waals surface area contributed by atoms with E-state index in [1.165, 1.54) is 11.3 Å². The van der Waals surface area contributed by atoms with E-state index in [1.807, 2.05) is 0 Å². The number of allylic oxidation sites excluding steroid dienone is 1. The number of fused-ring (bicyclic) bond motifs is 1. The van der Waals surface area contributed by atoms with Crippen LogP contribution in [0, 0.1) is 0 Å². The maximum Gasteiger partial charge on any atom is 0.0821 e. The van der Waals surface area contributed by atoms with E-state index in [4.69, 9.17) is 9.47 Å². The minimum atomic E-state index is -0.0588. The number of likely N-dealkylation sites (N-methyl/N-ethyl adjacent to an activating group) is 1. The second-order valence-corrected chi connectivity index (χ2v) is 5.63. The van der Waals surface area contributed by atoms with E-state index >= 15 is 0 Å². The SMILES string of the molecule is C=C1N(C)c2ccccc2C1(C)CC1COCCO1. The molecule has 0 amide bonds. The van der Waals surface area contributed by atoms with Gasteiger partial charge in [-0.15, -0.1) is 0 Å². The fourth-order valence-electron chi connectivity index (χ4n) is 3.24. The highest BCUT2D eigenvalue weighted by Gasteiger charge is 2.42. The van der Waals surface area contributed by atoms with E-state index < -0.39 is 0 Å². The van der Waals surface area contributed by atoms with E-state index in [2.05, 4.69) is 49.7 Å². The van der Waals surface area contributed by atoms with Crippen molar-refractivity contribution in [3.63, 3.8) is 0 Å². The number of anilines is 1. The molecule has 1 saturated heterocycles. The van der Waals surface area contributed by atoms with Crippen molar-refractivity contribution in [1.82, 2.24) is 0 Å². The molecule has 0 spiro atoms. The van der Waals surface area contributed by atoms with Crippen molar-refractivity contribution in [2.75, 3.05) is 31.8 Å². The summed E-state index contributed by atoms with van der Waals surface area (Å²) in [5.41, 5.74) is 3.68. The predicted molar refractivity (Wildman–Crippen MR) is 76.5 cm³/mol. The van der Waals surface area contributed by atoms with Crippen molar-refractivity contribution in [2.45, 2.75) is 24.9 Å². The van der Waals surface area contributed by atoms with Gasteiger partial charge in [0.25, 0.3) is 0 Å². The molecule has 1 aromatic carbocycles. The molecule has 0 aliphatic carbocycles. The van der Waals surface area contributed by atoms with Crippen molar-refractivity contribution >= 4 is 5.69 Å². The van der Waals surface area contributed by atoms with Crippen molar-refractivity contribution in [3.05, 3.63) is 42.1 Å². The van der Waals surface area contributed by atoms with E-state index in [-0.39, 0.29) is 11.5 Å². The summed E-state index contributed by atoms with van der Waals surface area (Å²) in [5.74, 6) is 0. The van der Waals surface area contributed by atoms with Gasteiger partial charge in [0.1, 0.15) is 0 Å². The Morgan fingerprint density at radius 1 is 1.37 bits per heavy atom. The third kappa shape index (κ3) is 1.97. The predicted octanol–water partition coefficient (Wildman–Crippen LogP) is 2.71. The van der Waals surface area contributed by atoms with Crippen LogP contribution in [0.2, 0.25) is 0 Å². The first-order valence-corrected chi connectivity index (χ1v) is 6.85. The molecule has 0 radical (unpaired) electrons. The summed E-state index contributed by atoms with van der Waals surface area (Å²) in [6.45, 7) is 8.66. The number of para-hydroxylation sites is 1. The summed E-state index contributed by atoms with van der Waals surface area (Å²) in [6, 6.07) is 8.54. The van der Waals surface area contributed by atoms with Crippen LogP contribution >= 0.6 is 0 Å². The number of benzene rings is 1. The highest BCUT2D eigenvalue weighted by molar-refractivity contribution is 5.69. The van der Waals surface area contributed by atoms with Gasteiger partial charge in [0.15, 0.2) is 0 Å². The molecule has 19 heavy (non-hydrogen) atoms. The average molecular weight is 259 g/mol. The van der Waals surface area contributed by atoms with Gasteiger partial charge in [-0.05, 0) is 25.0 Å². The molecule has 102 valence electrons. The highest BCUT2D eigenvalue weighted by atomic mass is 16.6. The van der Waals surface area contributed by atoms with Crippen LogP contribution in [0.1, 0.15) is 18.9 Å². The molecule has 2 aliphatic rings. The van der Waals surface area contributed by atoms with E-state index in [0.29, 0.717) is 19.8 Å². The smallest absolute Gasteiger partial charge is 0.0821 e. The standard InChI is InChI=1S/C16H21NO2/c1-12-16(2,10-13-11-18-8-9-19-13)14-6-4-5-7-15(14)17(12)3/h4-7,13H,1,8-11H2,2-3H3. The van der Waals surface area contributed by atoms with E-state index in [1.54, 1.807) is 0 Å². The van der Waals surface area contributed by atoms with E-state index in [0.717, 1.165) is 12.1 Å². The first-order chi connectivity index (χ1) is 9.13. The number of hydrogen-bond donors (Lipinski definition) is 0. The lowest BCUT2D eigenvalue weighted by molar-refractivity contribution is -0.0954. The van der Waals surface area contributed by atoms with Gasteiger partial charge in [-0.3, -0.25) is 0 Å². The third-order valence-electron chi connectivity index (χ3n) is 4.42. The maximum atomic E-state index is 5.82. The molecule has 1 fully saturated rings. The molecule has 3 rings (SSSR count). The average Bonchev–Trinajstić information content (AvgIpc) is 2.63. The summed E-state index contributed by atoms with van der Waals surface area (Å²) in [7, 11) is 2.09. The molecule has 2 atom stereocenters. The van der Waals surface area contributed by atoms with Gasteiger partial charge in [0.05, 0.1) is 25.9 Å². The molecule has 2 unspecified atom stereocenters. The Morgan fingerprint density at radius 3 is 2.89 bits per heavy atom. The van der Waals surface area contributed by atoms with Gasteiger partial charge in [-0.2, -0.15) is 0 Å². The van der Waals surface area contributed by atoms with Gasteiger partial charge < -0.3 is 14.4 Å². The zero-order valence-electron chi connectivity index (χ0n) is 11.7. The summed E-state index contributed by atoms with van der Waals surface area (Å²) in [4.78, 5) is 2.19.